The molecule has 1 heterocycles. The Bertz CT molecular complexity index is 1310. The molecule has 1 aliphatic heterocycles. The number of aryl methyl sites for hydroxylation is 1. The number of carbonyl (C=O) groups is 1. The molecule has 0 aliphatic carbocycles. The number of hydrogen-bond donors (Lipinski definition) is 1. The van der Waals surface area contributed by atoms with Crippen molar-refractivity contribution in [3.63, 3.8) is 0 Å². The van der Waals surface area contributed by atoms with Gasteiger partial charge in [-0.25, -0.2) is 8.42 Å². The second-order valence-electron chi connectivity index (χ2n) is 8.07. The SMILES string of the molecule is CCc1ccc(OCCNC(=O)[C@H]2CN(S(=O)(=O)c3ccc(OC)cc3)c3cc(Cl)ccc3O2)cc1. The molecule has 3 aromatic carbocycles. The van der Waals surface area contributed by atoms with Crippen molar-refractivity contribution in [1.29, 1.82) is 0 Å². The number of benzene rings is 3. The van der Waals surface area contributed by atoms with Crippen molar-refractivity contribution in [2.24, 2.45) is 0 Å². The first-order chi connectivity index (χ1) is 17.3. The Kier molecular flexibility index (Phi) is 7.91. The summed E-state index contributed by atoms with van der Waals surface area (Å²) in [6, 6.07) is 18.4. The Labute approximate surface area is 215 Å². The van der Waals surface area contributed by atoms with E-state index in [2.05, 4.69) is 12.2 Å². The molecule has 1 amide bonds. The molecule has 4 rings (SSSR count). The van der Waals surface area contributed by atoms with Crippen molar-refractivity contribution in [3.05, 3.63) is 77.3 Å². The molecular weight excluding hydrogens is 504 g/mol. The van der Waals surface area contributed by atoms with Crippen molar-refractivity contribution in [2.45, 2.75) is 24.3 Å². The molecule has 0 unspecified atom stereocenters. The van der Waals surface area contributed by atoms with Gasteiger partial charge in [0.05, 0.1) is 30.8 Å². The molecule has 0 radical (unpaired) electrons. The van der Waals surface area contributed by atoms with E-state index < -0.39 is 22.0 Å². The van der Waals surface area contributed by atoms with Gasteiger partial charge in [-0.1, -0.05) is 30.7 Å². The first-order valence-corrected chi connectivity index (χ1v) is 13.3. The molecule has 0 fully saturated rings. The molecule has 1 N–H and O–H groups in total. The van der Waals surface area contributed by atoms with E-state index in [4.69, 9.17) is 25.8 Å². The van der Waals surface area contributed by atoms with E-state index in [0.29, 0.717) is 16.5 Å². The first-order valence-electron chi connectivity index (χ1n) is 11.4. The summed E-state index contributed by atoms with van der Waals surface area (Å²) in [6.45, 7) is 2.35. The van der Waals surface area contributed by atoms with Gasteiger partial charge in [-0.2, -0.15) is 0 Å². The third-order valence-electron chi connectivity index (χ3n) is 5.73. The van der Waals surface area contributed by atoms with E-state index in [1.165, 1.54) is 30.9 Å². The largest absolute Gasteiger partial charge is 0.497 e. The second-order valence-corrected chi connectivity index (χ2v) is 10.4. The summed E-state index contributed by atoms with van der Waals surface area (Å²) in [6.07, 6.45) is -0.117. The summed E-state index contributed by atoms with van der Waals surface area (Å²) in [7, 11) is -2.52. The lowest BCUT2D eigenvalue weighted by Crippen LogP contribution is -2.51. The first kappa shape index (κ1) is 25.7. The highest BCUT2D eigenvalue weighted by Crippen LogP contribution is 2.39. The van der Waals surface area contributed by atoms with E-state index in [1.54, 1.807) is 24.3 Å². The maximum Gasteiger partial charge on any atom is 0.264 e. The third-order valence-corrected chi connectivity index (χ3v) is 7.76. The number of carbonyl (C=O) groups excluding carboxylic acids is 1. The number of hydrogen-bond acceptors (Lipinski definition) is 6. The highest BCUT2D eigenvalue weighted by atomic mass is 35.5. The standard InChI is InChI=1S/C26H27ClN2O6S/c1-3-18-4-7-21(8-5-18)34-15-14-28-26(30)25-17-29(23-16-19(27)6-13-24(23)35-25)36(31,32)22-11-9-20(33-2)10-12-22/h4-13,16,25H,3,14-15,17H2,1-2H3,(H,28,30)/t25-/m1/s1. The minimum absolute atomic E-state index is 0.0535. The molecule has 3 aromatic rings. The van der Waals surface area contributed by atoms with Gasteiger partial charge in [0.2, 0.25) is 0 Å². The van der Waals surface area contributed by atoms with Crippen molar-refractivity contribution in [2.75, 3.05) is 31.1 Å². The molecule has 0 bridgehead atoms. The molecule has 10 heteroatoms. The fraction of sp³-hybridized carbons (Fsp3) is 0.269. The van der Waals surface area contributed by atoms with Crippen LogP contribution in [0.5, 0.6) is 17.2 Å². The normalized spacial score (nSPS) is 15.0. The summed E-state index contributed by atoms with van der Waals surface area (Å²) in [4.78, 5) is 13.0. The fourth-order valence-corrected chi connectivity index (χ4v) is 5.38. The zero-order valence-corrected chi connectivity index (χ0v) is 21.5. The van der Waals surface area contributed by atoms with Gasteiger partial charge < -0.3 is 19.5 Å². The Morgan fingerprint density at radius 2 is 1.78 bits per heavy atom. The molecule has 0 saturated heterocycles. The third kappa shape index (κ3) is 5.68. The van der Waals surface area contributed by atoms with Gasteiger partial charge in [-0.05, 0) is 66.6 Å². The van der Waals surface area contributed by atoms with Crippen LogP contribution < -0.4 is 23.8 Å². The lowest BCUT2D eigenvalue weighted by Gasteiger charge is -2.34. The highest BCUT2D eigenvalue weighted by Gasteiger charge is 2.37. The Balaban J connectivity index is 1.46. The average molecular weight is 531 g/mol. The number of anilines is 1. The van der Waals surface area contributed by atoms with Crippen LogP contribution in [0, 0.1) is 0 Å². The van der Waals surface area contributed by atoms with E-state index in [-0.39, 0.29) is 36.0 Å². The van der Waals surface area contributed by atoms with Gasteiger partial charge in [-0.15, -0.1) is 0 Å². The van der Waals surface area contributed by atoms with Crippen molar-refractivity contribution < 1.29 is 27.4 Å². The number of nitrogens with zero attached hydrogens (tertiary/aromatic N) is 1. The topological polar surface area (TPSA) is 94.2 Å². The highest BCUT2D eigenvalue weighted by molar-refractivity contribution is 7.92. The van der Waals surface area contributed by atoms with Gasteiger partial charge in [0, 0.05) is 5.02 Å². The zero-order chi connectivity index (χ0) is 25.7. The summed E-state index contributed by atoms with van der Waals surface area (Å²) >= 11 is 6.14. The van der Waals surface area contributed by atoms with Crippen LogP contribution >= 0.6 is 11.6 Å². The molecule has 1 aliphatic rings. The number of ether oxygens (including phenoxy) is 3. The summed E-state index contributed by atoms with van der Waals surface area (Å²) in [5, 5.41) is 3.11. The number of amides is 1. The Morgan fingerprint density at radius 1 is 1.08 bits per heavy atom. The van der Waals surface area contributed by atoms with E-state index in [1.807, 2.05) is 24.3 Å². The molecule has 0 saturated carbocycles. The Hall–Kier alpha value is -3.43. The van der Waals surface area contributed by atoms with E-state index >= 15 is 0 Å². The van der Waals surface area contributed by atoms with Gasteiger partial charge >= 0.3 is 0 Å². The van der Waals surface area contributed by atoms with E-state index in [0.717, 1.165) is 10.7 Å². The number of fused-ring (bicyclic) bond motifs is 1. The minimum Gasteiger partial charge on any atom is -0.497 e. The van der Waals surface area contributed by atoms with Gasteiger partial charge in [0.15, 0.2) is 6.10 Å². The number of methoxy groups -OCH3 is 1. The smallest absolute Gasteiger partial charge is 0.264 e. The lowest BCUT2D eigenvalue weighted by molar-refractivity contribution is -0.127. The van der Waals surface area contributed by atoms with Gasteiger partial charge in [0.25, 0.3) is 15.9 Å². The lowest BCUT2D eigenvalue weighted by atomic mass is 10.2. The molecule has 0 spiro atoms. The van der Waals surface area contributed by atoms with Crippen molar-refractivity contribution in [3.8, 4) is 17.2 Å². The molecular formula is C26H27ClN2O6S. The number of halogens is 1. The summed E-state index contributed by atoms with van der Waals surface area (Å²) in [5.74, 6) is 1.03. The predicted molar refractivity (Wildman–Crippen MR) is 138 cm³/mol. The quantitative estimate of drug-likeness (QED) is 0.419. The van der Waals surface area contributed by atoms with Crippen LogP contribution in [0.2, 0.25) is 5.02 Å². The number of sulfonamides is 1. The zero-order valence-electron chi connectivity index (χ0n) is 19.9. The van der Waals surface area contributed by atoms with E-state index in [9.17, 15) is 13.2 Å². The van der Waals surface area contributed by atoms with Gasteiger partial charge in [0.1, 0.15) is 23.9 Å². The molecule has 1 atom stereocenters. The van der Waals surface area contributed by atoms with Crippen LogP contribution in [0.4, 0.5) is 5.69 Å². The van der Waals surface area contributed by atoms with Gasteiger partial charge in [-0.3, -0.25) is 9.10 Å². The van der Waals surface area contributed by atoms with Crippen LogP contribution in [-0.4, -0.2) is 47.2 Å². The summed E-state index contributed by atoms with van der Waals surface area (Å²) in [5.41, 5.74) is 1.47. The van der Waals surface area contributed by atoms with Crippen LogP contribution in [0.1, 0.15) is 12.5 Å². The van der Waals surface area contributed by atoms with Crippen LogP contribution in [-0.2, 0) is 21.2 Å². The maximum atomic E-state index is 13.5. The monoisotopic (exact) mass is 530 g/mol. The summed E-state index contributed by atoms with van der Waals surface area (Å²) < 4.78 is 44.9. The molecule has 8 nitrogen and oxygen atoms in total. The predicted octanol–water partition coefficient (Wildman–Crippen LogP) is 4.06. The van der Waals surface area contributed by atoms with Crippen molar-refractivity contribution in [1.82, 2.24) is 5.32 Å². The molecule has 0 aromatic heterocycles. The van der Waals surface area contributed by atoms with Crippen LogP contribution in [0.25, 0.3) is 0 Å². The minimum atomic E-state index is -4.02. The average Bonchev–Trinajstić information content (AvgIpc) is 2.90. The van der Waals surface area contributed by atoms with Crippen molar-refractivity contribution >= 4 is 33.2 Å². The van der Waals surface area contributed by atoms with Crippen LogP contribution in [0.15, 0.2) is 71.6 Å². The second kappa shape index (κ2) is 11.1. The number of rotatable bonds is 9. The molecule has 36 heavy (non-hydrogen) atoms. The van der Waals surface area contributed by atoms with Crippen LogP contribution in [0.3, 0.4) is 0 Å². The number of nitrogens with one attached hydrogen (secondary N) is 1. The fourth-order valence-electron chi connectivity index (χ4n) is 3.74. The Morgan fingerprint density at radius 3 is 2.44 bits per heavy atom. The molecule has 190 valence electrons. The maximum absolute atomic E-state index is 13.5.